The summed E-state index contributed by atoms with van der Waals surface area (Å²) in [4.78, 5) is 38.2. The number of nitrogens with zero attached hydrogens (tertiary/aromatic N) is 1. The molecule has 0 atom stereocenters. The highest BCUT2D eigenvalue weighted by Gasteiger charge is 2.27. The second-order valence-electron chi connectivity index (χ2n) is 5.45. The van der Waals surface area contributed by atoms with Crippen LogP contribution in [-0.2, 0) is 14.3 Å². The number of anilines is 1. The van der Waals surface area contributed by atoms with Gasteiger partial charge in [-0.25, -0.2) is 8.78 Å². The van der Waals surface area contributed by atoms with Gasteiger partial charge in [0.1, 0.15) is 6.54 Å². The summed E-state index contributed by atoms with van der Waals surface area (Å²) >= 11 is 1.38. The Morgan fingerprint density at radius 1 is 1.12 bits per heavy atom. The van der Waals surface area contributed by atoms with Crippen molar-refractivity contribution >= 4 is 35.1 Å². The molecule has 0 aromatic heterocycles. The van der Waals surface area contributed by atoms with E-state index in [1.807, 2.05) is 12.1 Å². The van der Waals surface area contributed by atoms with Crippen molar-refractivity contribution in [3.8, 4) is 0 Å². The highest BCUT2D eigenvalue weighted by Crippen LogP contribution is 2.34. The lowest BCUT2D eigenvalue weighted by molar-refractivity contribution is -0.141. The fraction of sp³-hybridized carbons (Fsp3) is 0.167. The number of amides is 1. The van der Waals surface area contributed by atoms with E-state index in [1.165, 1.54) is 16.7 Å². The Kier molecular flexibility index (Phi) is 5.32. The summed E-state index contributed by atoms with van der Waals surface area (Å²) in [6.45, 7) is -0.955. The first kappa shape index (κ1) is 18.1. The topological polar surface area (TPSA) is 63.7 Å². The molecule has 0 spiro atoms. The van der Waals surface area contributed by atoms with Gasteiger partial charge in [-0.1, -0.05) is 12.1 Å². The van der Waals surface area contributed by atoms with E-state index in [1.54, 1.807) is 12.1 Å². The number of para-hydroxylation sites is 1. The summed E-state index contributed by atoms with van der Waals surface area (Å²) in [5, 5.41) is 0. The quantitative estimate of drug-likeness (QED) is 0.592. The smallest absolute Gasteiger partial charge is 0.326 e. The Balaban J connectivity index is 1.61. The summed E-state index contributed by atoms with van der Waals surface area (Å²) in [5.41, 5.74) is 0.505. The van der Waals surface area contributed by atoms with Crippen molar-refractivity contribution in [1.29, 1.82) is 0 Å². The fourth-order valence-corrected chi connectivity index (χ4v) is 3.34. The zero-order chi connectivity index (χ0) is 18.7. The van der Waals surface area contributed by atoms with Crippen LogP contribution < -0.4 is 4.90 Å². The molecule has 2 aromatic carbocycles. The van der Waals surface area contributed by atoms with Crippen LogP contribution in [0.3, 0.4) is 0 Å². The van der Waals surface area contributed by atoms with Gasteiger partial charge < -0.3 is 4.74 Å². The number of ether oxygens (including phenoxy) is 1. The molecule has 0 saturated carbocycles. The van der Waals surface area contributed by atoms with Crippen LogP contribution in [-0.4, -0.2) is 36.6 Å². The van der Waals surface area contributed by atoms with Crippen molar-refractivity contribution in [2.75, 3.05) is 23.8 Å². The largest absolute Gasteiger partial charge is 0.456 e. The van der Waals surface area contributed by atoms with E-state index >= 15 is 0 Å². The number of carbonyl (C=O) groups is 3. The lowest BCUT2D eigenvalue weighted by Crippen LogP contribution is -2.40. The van der Waals surface area contributed by atoms with Crippen LogP contribution in [0.25, 0.3) is 0 Å². The monoisotopic (exact) mass is 377 g/mol. The third kappa shape index (κ3) is 3.91. The van der Waals surface area contributed by atoms with Gasteiger partial charge in [0.2, 0.25) is 5.91 Å². The maximum Gasteiger partial charge on any atom is 0.326 e. The zero-order valence-corrected chi connectivity index (χ0v) is 14.2. The van der Waals surface area contributed by atoms with Gasteiger partial charge in [-0.2, -0.15) is 0 Å². The summed E-state index contributed by atoms with van der Waals surface area (Å²) in [6, 6.07) is 9.83. The van der Waals surface area contributed by atoms with E-state index in [9.17, 15) is 23.2 Å². The maximum atomic E-state index is 13.2. The standard InChI is InChI=1S/C18H13F2NO4S/c19-12-6-5-11(7-13(12)20)15(22)9-25-18(24)8-21-14-3-1-2-4-16(14)26-10-17(21)23/h1-7H,8-10H2. The number of ketones is 1. The van der Waals surface area contributed by atoms with Crippen LogP contribution in [0.4, 0.5) is 14.5 Å². The van der Waals surface area contributed by atoms with Crippen LogP contribution in [0.2, 0.25) is 0 Å². The molecule has 26 heavy (non-hydrogen) atoms. The first-order valence-corrected chi connectivity index (χ1v) is 8.60. The van der Waals surface area contributed by atoms with Gasteiger partial charge in [0.25, 0.3) is 0 Å². The first-order valence-electron chi connectivity index (χ1n) is 7.62. The predicted octanol–water partition coefficient (Wildman–Crippen LogP) is 2.83. The molecule has 0 radical (unpaired) electrons. The normalized spacial score (nSPS) is 13.3. The van der Waals surface area contributed by atoms with Gasteiger partial charge in [-0.15, -0.1) is 11.8 Å². The number of carbonyl (C=O) groups excluding carboxylic acids is 3. The summed E-state index contributed by atoms with van der Waals surface area (Å²) in [5.74, 6) is -3.70. The molecule has 0 N–H and O–H groups in total. The van der Waals surface area contributed by atoms with Gasteiger partial charge >= 0.3 is 5.97 Å². The minimum atomic E-state index is -1.16. The number of rotatable bonds is 5. The van der Waals surface area contributed by atoms with Gasteiger partial charge in [0, 0.05) is 10.5 Å². The van der Waals surface area contributed by atoms with E-state index in [2.05, 4.69) is 0 Å². The highest BCUT2D eigenvalue weighted by atomic mass is 32.2. The van der Waals surface area contributed by atoms with E-state index < -0.39 is 30.0 Å². The number of halogens is 2. The van der Waals surface area contributed by atoms with Crippen molar-refractivity contribution in [3.05, 3.63) is 59.7 Å². The van der Waals surface area contributed by atoms with E-state index in [4.69, 9.17) is 4.74 Å². The van der Waals surface area contributed by atoms with Crippen LogP contribution in [0, 0.1) is 11.6 Å². The number of benzene rings is 2. The molecule has 3 rings (SSSR count). The van der Waals surface area contributed by atoms with Gasteiger partial charge in [0.05, 0.1) is 11.4 Å². The predicted molar refractivity (Wildman–Crippen MR) is 91.2 cm³/mol. The van der Waals surface area contributed by atoms with Crippen molar-refractivity contribution < 1.29 is 27.9 Å². The Bertz CT molecular complexity index is 887. The maximum absolute atomic E-state index is 13.2. The summed E-state index contributed by atoms with van der Waals surface area (Å²) < 4.78 is 30.9. The molecule has 0 fully saturated rings. The van der Waals surface area contributed by atoms with Crippen molar-refractivity contribution in [2.24, 2.45) is 0 Å². The molecule has 1 amide bonds. The minimum Gasteiger partial charge on any atom is -0.456 e. The molecule has 1 aliphatic heterocycles. The van der Waals surface area contributed by atoms with Gasteiger partial charge in [-0.05, 0) is 30.3 Å². The molecule has 0 saturated heterocycles. The van der Waals surface area contributed by atoms with Crippen molar-refractivity contribution in [2.45, 2.75) is 4.90 Å². The second kappa shape index (κ2) is 7.65. The van der Waals surface area contributed by atoms with Crippen molar-refractivity contribution in [3.63, 3.8) is 0 Å². The minimum absolute atomic E-state index is 0.104. The SMILES string of the molecule is O=C(CN1C(=O)CSc2ccccc21)OCC(=O)c1ccc(F)c(F)c1. The molecule has 134 valence electrons. The molecular formula is C18H13F2NO4S. The highest BCUT2D eigenvalue weighted by molar-refractivity contribution is 8.00. The Labute approximate surface area is 151 Å². The average molecular weight is 377 g/mol. The third-order valence-electron chi connectivity index (χ3n) is 3.70. The molecule has 0 aliphatic carbocycles. The average Bonchev–Trinajstić information content (AvgIpc) is 2.64. The third-order valence-corrected chi connectivity index (χ3v) is 4.75. The Morgan fingerprint density at radius 2 is 1.88 bits per heavy atom. The van der Waals surface area contributed by atoms with E-state index in [-0.39, 0.29) is 23.8 Å². The summed E-state index contributed by atoms with van der Waals surface area (Å²) in [6.07, 6.45) is 0. The molecule has 2 aromatic rings. The number of thioether (sulfide) groups is 1. The van der Waals surface area contributed by atoms with Gasteiger partial charge in [-0.3, -0.25) is 19.3 Å². The van der Waals surface area contributed by atoms with E-state index in [0.29, 0.717) is 5.69 Å². The van der Waals surface area contributed by atoms with Crippen LogP contribution in [0.15, 0.2) is 47.4 Å². The molecular weight excluding hydrogens is 364 g/mol. The Morgan fingerprint density at radius 3 is 2.65 bits per heavy atom. The number of hydrogen-bond donors (Lipinski definition) is 0. The first-order chi connectivity index (χ1) is 12.5. The van der Waals surface area contributed by atoms with Gasteiger partial charge in [0.15, 0.2) is 24.0 Å². The Hall–Kier alpha value is -2.74. The molecule has 0 unspecified atom stereocenters. The van der Waals surface area contributed by atoms with Crippen LogP contribution in [0.5, 0.6) is 0 Å². The lowest BCUT2D eigenvalue weighted by Gasteiger charge is -2.27. The molecule has 1 aliphatic rings. The fourth-order valence-electron chi connectivity index (χ4n) is 2.40. The number of Topliss-reactive ketones (excluding diaryl/α,β-unsaturated/α-hetero) is 1. The van der Waals surface area contributed by atoms with Crippen molar-refractivity contribution in [1.82, 2.24) is 0 Å². The lowest BCUT2D eigenvalue weighted by atomic mass is 10.1. The zero-order valence-electron chi connectivity index (χ0n) is 13.4. The number of esters is 1. The van der Waals surface area contributed by atoms with Crippen LogP contribution >= 0.6 is 11.8 Å². The number of fused-ring (bicyclic) bond motifs is 1. The summed E-state index contributed by atoms with van der Waals surface area (Å²) in [7, 11) is 0. The molecule has 5 nitrogen and oxygen atoms in total. The molecule has 0 bridgehead atoms. The molecule has 8 heteroatoms. The number of hydrogen-bond acceptors (Lipinski definition) is 5. The molecule has 1 heterocycles. The van der Waals surface area contributed by atoms with Crippen LogP contribution in [0.1, 0.15) is 10.4 Å². The van der Waals surface area contributed by atoms with E-state index in [0.717, 1.165) is 23.1 Å². The second-order valence-corrected chi connectivity index (χ2v) is 6.47.